The molecule has 0 saturated heterocycles. The van der Waals surface area contributed by atoms with Crippen LogP contribution < -0.4 is 0 Å². The normalized spacial score (nSPS) is 10.1. The van der Waals surface area contributed by atoms with Crippen molar-refractivity contribution in [2.45, 2.75) is 12.7 Å². The van der Waals surface area contributed by atoms with E-state index in [1.807, 2.05) is 0 Å². The molecule has 0 radical (unpaired) electrons. The number of rotatable bonds is 3. The second kappa shape index (κ2) is 3.78. The molecule has 3 nitrogen and oxygen atoms in total. The lowest BCUT2D eigenvalue weighted by Crippen LogP contribution is -1.82. The fourth-order valence-corrected chi connectivity index (χ4v) is 1.19. The zero-order valence-electron chi connectivity index (χ0n) is 5.59. The van der Waals surface area contributed by atoms with Gasteiger partial charge in [-0.3, -0.25) is 0 Å². The molecule has 0 aliphatic heterocycles. The fourth-order valence-electron chi connectivity index (χ4n) is 0.519. The van der Waals surface area contributed by atoms with Gasteiger partial charge in [-0.25, -0.2) is 5.16 Å². The average Bonchev–Trinajstić information content (AvgIpc) is 2.31. The van der Waals surface area contributed by atoms with Crippen molar-refractivity contribution in [3.8, 4) is 0 Å². The molecule has 0 amide bonds. The van der Waals surface area contributed by atoms with Crippen LogP contribution in [0.25, 0.3) is 0 Å². The lowest BCUT2D eigenvalue weighted by Gasteiger charge is -1.88. The molecule has 5 heteroatoms. The molecule has 0 atom stereocenters. The Bertz CT molecular complexity index is 242. The summed E-state index contributed by atoms with van der Waals surface area (Å²) < 4.78 is 4.73. The summed E-state index contributed by atoms with van der Waals surface area (Å²) in [7, 11) is 0. The number of thioether (sulfide) groups is 1. The van der Waals surface area contributed by atoms with E-state index in [0.717, 1.165) is 17.3 Å². The summed E-state index contributed by atoms with van der Waals surface area (Å²) >= 11 is 6.44. The standard InChI is InChI=1S/C5H8N2OS2/c1-2-10-3-4-6-5(9)8-7-4/h2-3H2,1H3,(H,6,7,9). The molecule has 56 valence electrons. The summed E-state index contributed by atoms with van der Waals surface area (Å²) in [5, 5.41) is 2.63. The van der Waals surface area contributed by atoms with Crippen LogP contribution in [0.1, 0.15) is 12.7 Å². The maximum Gasteiger partial charge on any atom is 0.314 e. The number of aromatic amines is 1. The van der Waals surface area contributed by atoms with Gasteiger partial charge in [0, 0.05) is 0 Å². The first kappa shape index (κ1) is 7.81. The van der Waals surface area contributed by atoms with Gasteiger partial charge < -0.3 is 4.52 Å². The molecule has 10 heavy (non-hydrogen) atoms. The zero-order chi connectivity index (χ0) is 7.40. The van der Waals surface area contributed by atoms with Crippen molar-refractivity contribution < 1.29 is 4.52 Å². The Hall–Kier alpha value is -0.290. The summed E-state index contributed by atoms with van der Waals surface area (Å²) in [4.78, 5) is 4.20. The SMILES string of the molecule is CCSCc1nc(=S)o[nH]1. The Morgan fingerprint density at radius 3 is 3.10 bits per heavy atom. The second-order valence-electron chi connectivity index (χ2n) is 1.67. The van der Waals surface area contributed by atoms with E-state index in [-0.39, 0.29) is 4.84 Å². The molecule has 1 rings (SSSR count). The number of nitrogens with zero attached hydrogens (tertiary/aromatic N) is 1. The van der Waals surface area contributed by atoms with Crippen molar-refractivity contribution in [1.82, 2.24) is 10.1 Å². The summed E-state index contributed by atoms with van der Waals surface area (Å²) in [6.07, 6.45) is 0. The van der Waals surface area contributed by atoms with Crippen molar-refractivity contribution in [2.24, 2.45) is 0 Å². The van der Waals surface area contributed by atoms with E-state index in [0.29, 0.717) is 0 Å². The van der Waals surface area contributed by atoms with Gasteiger partial charge in [0.2, 0.25) is 0 Å². The van der Waals surface area contributed by atoms with Crippen LogP contribution in [0.5, 0.6) is 0 Å². The molecule has 1 heterocycles. The van der Waals surface area contributed by atoms with Gasteiger partial charge in [0.05, 0.1) is 5.75 Å². The largest absolute Gasteiger partial charge is 0.348 e. The predicted octanol–water partition coefficient (Wildman–Crippen LogP) is 1.99. The Morgan fingerprint density at radius 2 is 2.60 bits per heavy atom. The van der Waals surface area contributed by atoms with Gasteiger partial charge in [-0.1, -0.05) is 6.92 Å². The Kier molecular flexibility index (Phi) is 2.95. The molecule has 0 saturated carbocycles. The number of nitrogens with one attached hydrogen (secondary N) is 1. The summed E-state index contributed by atoms with van der Waals surface area (Å²) in [6, 6.07) is 0. The molecule has 0 aliphatic rings. The molecular weight excluding hydrogens is 168 g/mol. The molecule has 0 bridgehead atoms. The molecule has 0 fully saturated rings. The van der Waals surface area contributed by atoms with E-state index >= 15 is 0 Å². The minimum atomic E-state index is 0.284. The third-order valence-corrected chi connectivity index (χ3v) is 1.99. The van der Waals surface area contributed by atoms with Gasteiger partial charge >= 0.3 is 4.84 Å². The van der Waals surface area contributed by atoms with Gasteiger partial charge in [0.25, 0.3) is 0 Å². The third kappa shape index (κ3) is 2.15. The zero-order valence-corrected chi connectivity index (χ0v) is 7.22. The third-order valence-electron chi connectivity index (χ3n) is 0.925. The monoisotopic (exact) mass is 176 g/mol. The molecule has 0 unspecified atom stereocenters. The van der Waals surface area contributed by atoms with E-state index in [2.05, 4.69) is 29.3 Å². The van der Waals surface area contributed by atoms with Crippen LogP contribution in [-0.2, 0) is 5.75 Å². The Labute approximate surface area is 68.2 Å². The highest BCUT2D eigenvalue weighted by Gasteiger charge is 1.95. The lowest BCUT2D eigenvalue weighted by molar-refractivity contribution is 0.400. The minimum absolute atomic E-state index is 0.284. The number of hydrogen-bond acceptors (Lipinski definition) is 4. The van der Waals surface area contributed by atoms with Gasteiger partial charge in [-0.2, -0.15) is 16.7 Å². The van der Waals surface area contributed by atoms with Crippen LogP contribution in [0.15, 0.2) is 4.52 Å². The van der Waals surface area contributed by atoms with E-state index < -0.39 is 0 Å². The van der Waals surface area contributed by atoms with E-state index in [1.54, 1.807) is 11.8 Å². The Morgan fingerprint density at radius 1 is 1.80 bits per heavy atom. The van der Waals surface area contributed by atoms with Crippen LogP contribution >= 0.6 is 24.0 Å². The first-order chi connectivity index (χ1) is 4.83. The number of hydrogen-bond donors (Lipinski definition) is 1. The van der Waals surface area contributed by atoms with E-state index in [9.17, 15) is 0 Å². The molecular formula is C5H8N2OS2. The highest BCUT2D eigenvalue weighted by Crippen LogP contribution is 2.06. The quantitative estimate of drug-likeness (QED) is 0.715. The van der Waals surface area contributed by atoms with Crippen molar-refractivity contribution >= 4 is 24.0 Å². The van der Waals surface area contributed by atoms with Crippen molar-refractivity contribution in [3.05, 3.63) is 10.7 Å². The van der Waals surface area contributed by atoms with Gasteiger partial charge in [0.1, 0.15) is 0 Å². The summed E-state index contributed by atoms with van der Waals surface area (Å²) in [5.41, 5.74) is 0. The van der Waals surface area contributed by atoms with Crippen LogP contribution in [0.2, 0.25) is 0 Å². The molecule has 1 aromatic rings. The first-order valence-corrected chi connectivity index (χ1v) is 4.51. The lowest BCUT2D eigenvalue weighted by atomic mass is 10.7. The Balaban J connectivity index is 2.50. The van der Waals surface area contributed by atoms with Crippen molar-refractivity contribution in [3.63, 3.8) is 0 Å². The average molecular weight is 176 g/mol. The maximum atomic E-state index is 4.73. The predicted molar refractivity (Wildman–Crippen MR) is 43.5 cm³/mol. The highest BCUT2D eigenvalue weighted by atomic mass is 32.2. The number of H-pyrrole nitrogens is 1. The van der Waals surface area contributed by atoms with Crippen LogP contribution in [0.3, 0.4) is 0 Å². The second-order valence-corrected chi connectivity index (χ2v) is 3.29. The molecule has 1 N–H and O–H groups in total. The van der Waals surface area contributed by atoms with Gasteiger partial charge in [0.15, 0.2) is 5.82 Å². The van der Waals surface area contributed by atoms with Crippen molar-refractivity contribution in [2.75, 3.05) is 5.75 Å². The van der Waals surface area contributed by atoms with Crippen molar-refractivity contribution in [1.29, 1.82) is 0 Å². The van der Waals surface area contributed by atoms with Crippen LogP contribution in [-0.4, -0.2) is 15.9 Å². The first-order valence-electron chi connectivity index (χ1n) is 2.95. The smallest absolute Gasteiger partial charge is 0.314 e. The molecule has 0 spiro atoms. The topological polar surface area (TPSA) is 41.8 Å². The highest BCUT2D eigenvalue weighted by molar-refractivity contribution is 7.98. The van der Waals surface area contributed by atoms with E-state index in [4.69, 9.17) is 4.52 Å². The molecule has 1 aromatic heterocycles. The van der Waals surface area contributed by atoms with Gasteiger partial charge in [-0.15, -0.1) is 0 Å². The molecule has 0 aliphatic carbocycles. The fraction of sp³-hybridized carbons (Fsp3) is 0.600. The summed E-state index contributed by atoms with van der Waals surface area (Å²) in [5.74, 6) is 2.74. The van der Waals surface area contributed by atoms with Gasteiger partial charge in [-0.05, 0) is 18.0 Å². The maximum absolute atomic E-state index is 4.73. The molecule has 0 aromatic carbocycles. The minimum Gasteiger partial charge on any atom is -0.348 e. The van der Waals surface area contributed by atoms with Crippen LogP contribution in [0.4, 0.5) is 0 Å². The number of aromatic nitrogens is 2. The summed E-state index contributed by atoms with van der Waals surface area (Å²) in [6.45, 7) is 2.10. The van der Waals surface area contributed by atoms with Crippen LogP contribution in [0, 0.1) is 4.84 Å². The van der Waals surface area contributed by atoms with E-state index in [1.165, 1.54) is 0 Å².